The van der Waals surface area contributed by atoms with E-state index in [1.807, 2.05) is 0 Å². The molecule has 0 atom stereocenters. The SMILES string of the molecule is Cn1c(=O)oc2ccc(S(=O)(=O)N3CCN(C=O)CC3)cc21. The number of rotatable bonds is 3. The number of carbonyl (C=O) groups is 1. The van der Waals surface area contributed by atoms with Crippen molar-refractivity contribution in [2.45, 2.75) is 4.90 Å². The van der Waals surface area contributed by atoms with Crippen LogP contribution < -0.4 is 5.76 Å². The van der Waals surface area contributed by atoms with E-state index in [0.717, 1.165) is 6.41 Å². The van der Waals surface area contributed by atoms with Gasteiger partial charge in [0.25, 0.3) is 0 Å². The molecule has 1 aromatic carbocycles. The fourth-order valence-corrected chi connectivity index (χ4v) is 3.91. The molecule has 2 aromatic rings. The predicted molar refractivity (Wildman–Crippen MR) is 77.9 cm³/mol. The van der Waals surface area contributed by atoms with Crippen LogP contribution in [0.2, 0.25) is 0 Å². The van der Waals surface area contributed by atoms with Gasteiger partial charge in [0.2, 0.25) is 16.4 Å². The Morgan fingerprint density at radius 1 is 1.18 bits per heavy atom. The highest BCUT2D eigenvalue weighted by Gasteiger charge is 2.28. The fourth-order valence-electron chi connectivity index (χ4n) is 2.47. The molecule has 1 aliphatic heterocycles. The minimum Gasteiger partial charge on any atom is -0.408 e. The number of benzene rings is 1. The number of sulfonamides is 1. The third-order valence-electron chi connectivity index (χ3n) is 3.82. The standard InChI is InChI=1S/C13H15N3O5S/c1-14-11-8-10(2-3-12(11)21-13(14)18)22(19,20)16-6-4-15(9-17)5-7-16/h2-3,8-9H,4-7H2,1H3. The van der Waals surface area contributed by atoms with Crippen LogP contribution in [-0.2, 0) is 21.9 Å². The first-order chi connectivity index (χ1) is 10.4. The molecule has 118 valence electrons. The van der Waals surface area contributed by atoms with Crippen molar-refractivity contribution in [3.8, 4) is 0 Å². The van der Waals surface area contributed by atoms with Crippen LogP contribution in [0.5, 0.6) is 0 Å². The van der Waals surface area contributed by atoms with Gasteiger partial charge in [-0.3, -0.25) is 9.36 Å². The van der Waals surface area contributed by atoms with Gasteiger partial charge >= 0.3 is 5.76 Å². The normalized spacial score (nSPS) is 17.0. The van der Waals surface area contributed by atoms with Crippen molar-refractivity contribution in [2.24, 2.45) is 7.05 Å². The van der Waals surface area contributed by atoms with Crippen molar-refractivity contribution in [1.82, 2.24) is 13.8 Å². The molecule has 0 bridgehead atoms. The molecule has 1 saturated heterocycles. The van der Waals surface area contributed by atoms with Crippen molar-refractivity contribution < 1.29 is 17.6 Å². The summed E-state index contributed by atoms with van der Waals surface area (Å²) in [7, 11) is -2.14. The van der Waals surface area contributed by atoms with Gasteiger partial charge in [-0.1, -0.05) is 0 Å². The summed E-state index contributed by atoms with van der Waals surface area (Å²) < 4.78 is 32.9. The number of nitrogens with zero attached hydrogens (tertiary/aromatic N) is 3. The fraction of sp³-hybridized carbons (Fsp3) is 0.385. The summed E-state index contributed by atoms with van der Waals surface area (Å²) in [6, 6.07) is 4.33. The minimum atomic E-state index is -3.66. The highest BCUT2D eigenvalue weighted by atomic mass is 32.2. The molecule has 0 spiro atoms. The number of aromatic nitrogens is 1. The van der Waals surface area contributed by atoms with E-state index >= 15 is 0 Å². The van der Waals surface area contributed by atoms with E-state index in [0.29, 0.717) is 24.2 Å². The van der Waals surface area contributed by atoms with Gasteiger partial charge in [0.15, 0.2) is 5.58 Å². The van der Waals surface area contributed by atoms with Crippen LogP contribution in [0.15, 0.2) is 32.3 Å². The van der Waals surface area contributed by atoms with Crippen LogP contribution in [0.3, 0.4) is 0 Å². The average Bonchev–Trinajstić information content (AvgIpc) is 2.82. The first-order valence-corrected chi connectivity index (χ1v) is 8.16. The zero-order valence-electron chi connectivity index (χ0n) is 11.9. The third-order valence-corrected chi connectivity index (χ3v) is 5.72. The zero-order valence-corrected chi connectivity index (χ0v) is 12.7. The van der Waals surface area contributed by atoms with E-state index in [4.69, 9.17) is 4.42 Å². The molecule has 22 heavy (non-hydrogen) atoms. The van der Waals surface area contributed by atoms with Gasteiger partial charge in [-0.15, -0.1) is 0 Å². The summed E-state index contributed by atoms with van der Waals surface area (Å²) in [5, 5.41) is 0. The lowest BCUT2D eigenvalue weighted by molar-refractivity contribution is -0.119. The molecular formula is C13H15N3O5S. The second-order valence-corrected chi connectivity index (χ2v) is 7.04. The molecule has 1 amide bonds. The topological polar surface area (TPSA) is 92.8 Å². The molecule has 0 saturated carbocycles. The lowest BCUT2D eigenvalue weighted by Crippen LogP contribution is -2.47. The minimum absolute atomic E-state index is 0.107. The summed E-state index contributed by atoms with van der Waals surface area (Å²) in [5.74, 6) is -0.538. The second-order valence-electron chi connectivity index (χ2n) is 5.10. The van der Waals surface area contributed by atoms with Crippen LogP contribution in [0.25, 0.3) is 11.1 Å². The molecule has 1 aliphatic rings. The molecule has 8 nitrogen and oxygen atoms in total. The van der Waals surface area contributed by atoms with Crippen LogP contribution in [0.1, 0.15) is 0 Å². The summed E-state index contributed by atoms with van der Waals surface area (Å²) in [5.41, 5.74) is 0.773. The van der Waals surface area contributed by atoms with Crippen molar-refractivity contribution in [1.29, 1.82) is 0 Å². The van der Waals surface area contributed by atoms with Crippen molar-refractivity contribution in [3.05, 3.63) is 28.7 Å². The van der Waals surface area contributed by atoms with Gasteiger partial charge in [0.05, 0.1) is 10.4 Å². The zero-order chi connectivity index (χ0) is 15.9. The lowest BCUT2D eigenvalue weighted by Gasteiger charge is -2.31. The van der Waals surface area contributed by atoms with Crippen LogP contribution in [0.4, 0.5) is 0 Å². The highest BCUT2D eigenvalue weighted by molar-refractivity contribution is 7.89. The maximum absolute atomic E-state index is 12.6. The van der Waals surface area contributed by atoms with Gasteiger partial charge in [-0.2, -0.15) is 4.31 Å². The molecule has 2 heterocycles. The van der Waals surface area contributed by atoms with E-state index in [-0.39, 0.29) is 18.0 Å². The largest absolute Gasteiger partial charge is 0.419 e. The van der Waals surface area contributed by atoms with Crippen LogP contribution in [-0.4, -0.2) is 54.8 Å². The Morgan fingerprint density at radius 3 is 2.50 bits per heavy atom. The lowest BCUT2D eigenvalue weighted by atomic mass is 10.3. The Hall–Kier alpha value is -2.13. The quantitative estimate of drug-likeness (QED) is 0.716. The third kappa shape index (κ3) is 2.32. The Kier molecular flexibility index (Phi) is 3.53. The van der Waals surface area contributed by atoms with Gasteiger partial charge in [0.1, 0.15) is 0 Å². The van der Waals surface area contributed by atoms with Gasteiger partial charge in [-0.25, -0.2) is 13.2 Å². The van der Waals surface area contributed by atoms with Crippen molar-refractivity contribution >= 4 is 27.5 Å². The van der Waals surface area contributed by atoms with Crippen LogP contribution in [0, 0.1) is 0 Å². The first kappa shape index (κ1) is 14.8. The van der Waals surface area contributed by atoms with Gasteiger partial charge in [-0.05, 0) is 18.2 Å². The summed E-state index contributed by atoms with van der Waals surface area (Å²) in [4.78, 5) is 23.8. The maximum Gasteiger partial charge on any atom is 0.419 e. The molecule has 0 radical (unpaired) electrons. The highest BCUT2D eigenvalue weighted by Crippen LogP contribution is 2.22. The molecule has 3 rings (SSSR count). The Labute approximate surface area is 126 Å². The monoisotopic (exact) mass is 325 g/mol. The number of oxazole rings is 1. The molecule has 0 N–H and O–H groups in total. The predicted octanol–water partition coefficient (Wildman–Crippen LogP) is -0.406. The molecule has 1 aromatic heterocycles. The number of piperazine rings is 1. The Balaban J connectivity index is 1.97. The first-order valence-electron chi connectivity index (χ1n) is 6.72. The van der Waals surface area contributed by atoms with Gasteiger partial charge in [0, 0.05) is 33.2 Å². The van der Waals surface area contributed by atoms with E-state index in [9.17, 15) is 18.0 Å². The van der Waals surface area contributed by atoms with Crippen LogP contribution >= 0.6 is 0 Å². The molecule has 9 heteroatoms. The molecule has 1 fully saturated rings. The maximum atomic E-state index is 12.6. The average molecular weight is 325 g/mol. The molecule has 0 unspecified atom stereocenters. The molecule has 0 aliphatic carbocycles. The number of amides is 1. The number of hydrogen-bond acceptors (Lipinski definition) is 5. The number of aryl methyl sites for hydroxylation is 1. The number of hydrogen-bond donors (Lipinski definition) is 0. The van der Waals surface area contributed by atoms with E-state index in [1.165, 1.54) is 39.0 Å². The summed E-state index contributed by atoms with van der Waals surface area (Å²) in [6.07, 6.45) is 0.720. The van der Waals surface area contributed by atoms with Crippen molar-refractivity contribution in [2.75, 3.05) is 26.2 Å². The van der Waals surface area contributed by atoms with Crippen molar-refractivity contribution in [3.63, 3.8) is 0 Å². The summed E-state index contributed by atoms with van der Waals surface area (Å²) >= 11 is 0. The van der Waals surface area contributed by atoms with E-state index < -0.39 is 15.8 Å². The van der Waals surface area contributed by atoms with Gasteiger partial charge < -0.3 is 9.32 Å². The van der Waals surface area contributed by atoms with E-state index in [1.54, 1.807) is 0 Å². The number of carbonyl (C=O) groups excluding carboxylic acids is 1. The Morgan fingerprint density at radius 2 is 1.86 bits per heavy atom. The summed E-state index contributed by atoms with van der Waals surface area (Å²) in [6.45, 7) is 1.25. The Bertz CT molecular complexity index is 875. The smallest absolute Gasteiger partial charge is 0.408 e. The second kappa shape index (κ2) is 5.25. The van der Waals surface area contributed by atoms with E-state index in [2.05, 4.69) is 0 Å². The number of fused-ring (bicyclic) bond motifs is 1. The molecular weight excluding hydrogens is 310 g/mol.